The molecule has 0 aliphatic heterocycles. The minimum absolute atomic E-state index is 0.258. The first-order valence-corrected chi connectivity index (χ1v) is 14.2. The van der Waals surface area contributed by atoms with Crippen LogP contribution < -0.4 is 25.4 Å². The van der Waals surface area contributed by atoms with Gasteiger partial charge in [0.2, 0.25) is 0 Å². The van der Waals surface area contributed by atoms with Crippen molar-refractivity contribution in [3.05, 3.63) is 78.1 Å². The van der Waals surface area contributed by atoms with Crippen LogP contribution in [0.15, 0.2) is 67.0 Å². The molecule has 10 nitrogen and oxygen atoms in total. The van der Waals surface area contributed by atoms with Gasteiger partial charge in [0.15, 0.2) is 11.5 Å². The van der Waals surface area contributed by atoms with Crippen molar-refractivity contribution in [1.82, 2.24) is 20.2 Å². The van der Waals surface area contributed by atoms with Crippen molar-refractivity contribution in [2.24, 2.45) is 0 Å². The standard InChI is InChI=1S/C32H39N5O5/c1-5-22(11-14-33-3)23-7-9-24(10-8-23)31(38)36-30-20-26(12-15-35-30)42-29-19-25-13-16-37(32(39)34-4)27(25)21-28(29)41-18-17-40-6-2/h7-10,12-13,15-16,19-22,33H,5-6,11,14,17-18H2,1-4H3,(H,34,39)(H,35,36,38). The van der Waals surface area contributed by atoms with Gasteiger partial charge < -0.3 is 30.2 Å². The zero-order valence-electron chi connectivity index (χ0n) is 24.6. The quantitative estimate of drug-likeness (QED) is 0.164. The molecule has 1 unspecified atom stereocenters. The highest BCUT2D eigenvalue weighted by Crippen LogP contribution is 2.36. The third-order valence-corrected chi connectivity index (χ3v) is 6.96. The molecule has 0 fully saturated rings. The average molecular weight is 574 g/mol. The summed E-state index contributed by atoms with van der Waals surface area (Å²) in [5.41, 5.74) is 2.44. The summed E-state index contributed by atoms with van der Waals surface area (Å²) >= 11 is 0. The molecule has 3 N–H and O–H groups in total. The lowest BCUT2D eigenvalue weighted by Crippen LogP contribution is -2.23. The van der Waals surface area contributed by atoms with Crippen LogP contribution in [-0.4, -0.2) is 62.0 Å². The van der Waals surface area contributed by atoms with E-state index in [0.717, 1.165) is 24.8 Å². The minimum Gasteiger partial charge on any atom is -0.487 e. The highest BCUT2D eigenvalue weighted by Gasteiger charge is 2.16. The van der Waals surface area contributed by atoms with Crippen LogP contribution in [0.25, 0.3) is 10.9 Å². The molecule has 0 radical (unpaired) electrons. The van der Waals surface area contributed by atoms with Crippen molar-refractivity contribution >= 4 is 28.7 Å². The van der Waals surface area contributed by atoms with E-state index >= 15 is 0 Å². The Labute approximate surface area is 246 Å². The van der Waals surface area contributed by atoms with Crippen molar-refractivity contribution in [2.45, 2.75) is 32.6 Å². The van der Waals surface area contributed by atoms with Crippen LogP contribution in [0.4, 0.5) is 10.6 Å². The Kier molecular flexibility index (Phi) is 10.9. The van der Waals surface area contributed by atoms with Gasteiger partial charge in [0.1, 0.15) is 18.2 Å². The summed E-state index contributed by atoms with van der Waals surface area (Å²) in [6, 6.07) is 16.2. The predicted molar refractivity (Wildman–Crippen MR) is 164 cm³/mol. The molecule has 2 heterocycles. The third kappa shape index (κ3) is 7.65. The van der Waals surface area contributed by atoms with E-state index in [1.165, 1.54) is 10.1 Å². The molecule has 2 amide bonds. The number of carbonyl (C=O) groups is 2. The van der Waals surface area contributed by atoms with Gasteiger partial charge in [0.05, 0.1) is 12.1 Å². The first-order chi connectivity index (χ1) is 20.5. The van der Waals surface area contributed by atoms with Gasteiger partial charge in [0.25, 0.3) is 5.91 Å². The van der Waals surface area contributed by atoms with Crippen LogP contribution in [0.5, 0.6) is 17.2 Å². The maximum absolute atomic E-state index is 13.0. The summed E-state index contributed by atoms with van der Waals surface area (Å²) in [6.07, 6.45) is 5.34. The number of hydrogen-bond acceptors (Lipinski definition) is 7. The van der Waals surface area contributed by atoms with Crippen LogP contribution in [0.3, 0.4) is 0 Å². The van der Waals surface area contributed by atoms with Crippen LogP contribution >= 0.6 is 0 Å². The number of rotatable bonds is 14. The van der Waals surface area contributed by atoms with Gasteiger partial charge >= 0.3 is 6.03 Å². The molecule has 1 atom stereocenters. The second kappa shape index (κ2) is 15.0. The molecule has 4 aromatic rings. The molecule has 0 spiro atoms. The van der Waals surface area contributed by atoms with E-state index in [1.807, 2.05) is 50.4 Å². The van der Waals surface area contributed by atoms with E-state index in [-0.39, 0.29) is 11.9 Å². The fourth-order valence-corrected chi connectivity index (χ4v) is 4.68. The number of ether oxygens (including phenoxy) is 3. The van der Waals surface area contributed by atoms with E-state index in [4.69, 9.17) is 14.2 Å². The number of hydrogen-bond donors (Lipinski definition) is 3. The van der Waals surface area contributed by atoms with E-state index < -0.39 is 0 Å². The van der Waals surface area contributed by atoms with Gasteiger partial charge in [-0.05, 0) is 75.2 Å². The van der Waals surface area contributed by atoms with Gasteiger partial charge in [-0.25, -0.2) is 9.78 Å². The Morgan fingerprint density at radius 2 is 1.79 bits per heavy atom. The molecule has 0 bridgehead atoms. The zero-order chi connectivity index (χ0) is 29.9. The first kappa shape index (κ1) is 30.5. The summed E-state index contributed by atoms with van der Waals surface area (Å²) in [7, 11) is 3.53. The fraction of sp³-hybridized carbons (Fsp3) is 0.344. The van der Waals surface area contributed by atoms with Crippen molar-refractivity contribution in [1.29, 1.82) is 0 Å². The summed E-state index contributed by atoms with van der Waals surface area (Å²) in [4.78, 5) is 29.6. The normalized spacial score (nSPS) is 11.7. The number of benzene rings is 2. The molecule has 0 aliphatic rings. The maximum atomic E-state index is 13.0. The maximum Gasteiger partial charge on any atom is 0.325 e. The predicted octanol–water partition coefficient (Wildman–Crippen LogP) is 5.79. The first-order valence-electron chi connectivity index (χ1n) is 14.2. The number of amides is 2. The number of pyridine rings is 1. The van der Waals surface area contributed by atoms with Gasteiger partial charge in [-0.3, -0.25) is 9.36 Å². The van der Waals surface area contributed by atoms with Crippen LogP contribution in [0.2, 0.25) is 0 Å². The molecule has 2 aromatic heterocycles. The molecular weight excluding hydrogens is 534 g/mol. The lowest BCUT2D eigenvalue weighted by atomic mass is 9.92. The summed E-state index contributed by atoms with van der Waals surface area (Å²) in [5.74, 6) is 1.91. The van der Waals surface area contributed by atoms with Crippen molar-refractivity contribution in [3.8, 4) is 17.2 Å². The van der Waals surface area contributed by atoms with Gasteiger partial charge in [-0.1, -0.05) is 19.1 Å². The van der Waals surface area contributed by atoms with Crippen LogP contribution in [-0.2, 0) is 4.74 Å². The van der Waals surface area contributed by atoms with E-state index in [9.17, 15) is 9.59 Å². The fourth-order valence-electron chi connectivity index (χ4n) is 4.68. The third-order valence-electron chi connectivity index (χ3n) is 6.96. The average Bonchev–Trinajstić information content (AvgIpc) is 3.42. The summed E-state index contributed by atoms with van der Waals surface area (Å²) in [6.45, 7) is 6.34. The van der Waals surface area contributed by atoms with Crippen LogP contribution in [0, 0.1) is 0 Å². The van der Waals surface area contributed by atoms with Crippen molar-refractivity contribution in [3.63, 3.8) is 0 Å². The van der Waals surface area contributed by atoms with E-state index in [2.05, 4.69) is 27.9 Å². The van der Waals surface area contributed by atoms with E-state index in [1.54, 1.807) is 37.6 Å². The number of aromatic nitrogens is 2. The number of carbonyl (C=O) groups excluding carboxylic acids is 2. The molecule has 42 heavy (non-hydrogen) atoms. The molecule has 10 heteroatoms. The number of nitrogens with one attached hydrogen (secondary N) is 3. The molecule has 0 saturated heterocycles. The number of nitrogens with zero attached hydrogens (tertiary/aromatic N) is 2. The molecule has 2 aromatic carbocycles. The number of fused-ring (bicyclic) bond motifs is 1. The molecule has 4 rings (SSSR count). The lowest BCUT2D eigenvalue weighted by molar-refractivity contribution is 0.102. The zero-order valence-corrected chi connectivity index (χ0v) is 24.6. The highest BCUT2D eigenvalue weighted by atomic mass is 16.5. The Balaban J connectivity index is 1.51. The number of anilines is 1. The van der Waals surface area contributed by atoms with Crippen molar-refractivity contribution < 1.29 is 23.8 Å². The lowest BCUT2D eigenvalue weighted by Gasteiger charge is -2.16. The molecule has 0 aliphatic carbocycles. The minimum atomic E-state index is -0.262. The molecule has 222 valence electrons. The van der Waals surface area contributed by atoms with Crippen molar-refractivity contribution in [2.75, 3.05) is 45.8 Å². The summed E-state index contributed by atoms with van der Waals surface area (Å²) in [5, 5.41) is 9.49. The summed E-state index contributed by atoms with van der Waals surface area (Å²) < 4.78 is 19.1. The van der Waals surface area contributed by atoms with Crippen LogP contribution in [0.1, 0.15) is 48.5 Å². The largest absolute Gasteiger partial charge is 0.487 e. The van der Waals surface area contributed by atoms with E-state index in [0.29, 0.717) is 59.9 Å². The monoisotopic (exact) mass is 573 g/mol. The SMILES string of the molecule is CCOCCOc1cc2c(ccn2C(=O)NC)cc1Oc1ccnc(NC(=O)c2ccc(C(CC)CCNC)cc2)c1. The van der Waals surface area contributed by atoms with Gasteiger partial charge in [-0.15, -0.1) is 0 Å². The highest BCUT2D eigenvalue weighted by molar-refractivity contribution is 6.03. The molecular formula is C32H39N5O5. The Hall–Kier alpha value is -4.41. The van der Waals surface area contributed by atoms with Gasteiger partial charge in [-0.2, -0.15) is 0 Å². The van der Waals surface area contributed by atoms with Gasteiger partial charge in [0, 0.05) is 49.1 Å². The Morgan fingerprint density at radius 3 is 2.50 bits per heavy atom. The smallest absolute Gasteiger partial charge is 0.325 e. The second-order valence-corrected chi connectivity index (χ2v) is 9.70. The second-order valence-electron chi connectivity index (χ2n) is 9.70. The Morgan fingerprint density at radius 1 is 0.976 bits per heavy atom. The Bertz CT molecular complexity index is 1480. The topological polar surface area (TPSA) is 116 Å². The molecule has 0 saturated carbocycles.